The van der Waals surface area contributed by atoms with Gasteiger partial charge >= 0.3 is 0 Å². The number of nitro benzene ring substituents is 2. The molecule has 4 aromatic heterocycles. The van der Waals surface area contributed by atoms with Gasteiger partial charge in [-0.15, -0.1) is 0 Å². The van der Waals surface area contributed by atoms with Crippen LogP contribution in [0.4, 0.5) is 34.1 Å². The summed E-state index contributed by atoms with van der Waals surface area (Å²) in [6.45, 7) is 5.23. The Kier molecular flexibility index (Phi) is 23.2. The van der Waals surface area contributed by atoms with Gasteiger partial charge in [-0.25, -0.2) is 36.2 Å². The minimum absolute atomic E-state index is 0.0722. The number of pyridine rings is 2. The van der Waals surface area contributed by atoms with Gasteiger partial charge in [-0.1, -0.05) is 96.0 Å². The third-order valence-corrected chi connectivity index (χ3v) is 24.4. The SMILES string of the molecule is O=C(NS(=O)(=O)c1ccc(NCC2CCOCC2)c([N+](=O)[O-])c1)c1ccc(-c2ccc(N3CCC[C@@H]3c3ccccc3Cl)cc2)cc1Oc1cnc2[nH]ccc2c1.O=C(NS(=O)(=O)c1ccc(NCC2CCOCC2)c([N+](=O)[O-])c1)c1ccc(-c2ccc(N3CCC[C@H]3c3ccccc3Cl)cc2)cc1Oc1cnc2[nH]ccc2c1. The number of nitrogens with one attached hydrogen (secondary N) is 6. The van der Waals surface area contributed by atoms with Crippen molar-refractivity contribution in [3.05, 3.63) is 271 Å². The van der Waals surface area contributed by atoms with Crippen molar-refractivity contribution in [2.45, 2.75) is 73.2 Å². The molecule has 0 spiro atoms. The fourth-order valence-corrected chi connectivity index (χ4v) is 17.5. The zero-order valence-corrected chi connectivity index (χ0v) is 64.5. The molecule has 0 saturated carbocycles. The Bertz CT molecular complexity index is 5470. The number of carbonyl (C=O) groups excluding carboxylic acids is 2. The van der Waals surface area contributed by atoms with E-state index in [0.29, 0.717) is 62.3 Å². The highest BCUT2D eigenvalue weighted by Gasteiger charge is 2.33. The van der Waals surface area contributed by atoms with E-state index in [9.17, 15) is 46.7 Å². The highest BCUT2D eigenvalue weighted by molar-refractivity contribution is 7.90. The van der Waals surface area contributed by atoms with E-state index in [4.69, 9.17) is 42.1 Å². The number of amides is 2. The molecule has 0 unspecified atom stereocenters. The van der Waals surface area contributed by atoms with Crippen LogP contribution in [0.25, 0.3) is 44.3 Å². The number of nitro groups is 2. The number of nitrogens with zero attached hydrogens (tertiary/aromatic N) is 6. The predicted molar refractivity (Wildman–Crippen MR) is 437 cm³/mol. The second-order valence-corrected chi connectivity index (χ2v) is 32.4. The van der Waals surface area contributed by atoms with Crippen LogP contribution in [-0.4, -0.2) is 111 Å². The molecule has 8 aromatic carbocycles. The summed E-state index contributed by atoms with van der Waals surface area (Å²) in [6, 6.07) is 56.3. The molecule has 8 heterocycles. The topological polar surface area (TPSA) is 338 Å². The summed E-state index contributed by atoms with van der Waals surface area (Å²) in [5.74, 6) is -0.608. The van der Waals surface area contributed by atoms with Crippen LogP contribution in [0.3, 0.4) is 0 Å². The van der Waals surface area contributed by atoms with E-state index in [-0.39, 0.29) is 57.9 Å². The molecule has 0 bridgehead atoms. The van der Waals surface area contributed by atoms with Crippen LogP contribution in [0, 0.1) is 32.1 Å². The monoisotopic (exact) mass is 1610 g/mol. The van der Waals surface area contributed by atoms with Crippen molar-refractivity contribution < 1.29 is 55.2 Å². The number of benzene rings is 8. The molecule has 4 aliphatic rings. The van der Waals surface area contributed by atoms with Gasteiger partial charge in [0.1, 0.15) is 45.7 Å². The third kappa shape index (κ3) is 17.6. The minimum atomic E-state index is -4.56. The van der Waals surface area contributed by atoms with Crippen molar-refractivity contribution >= 4 is 111 Å². The standard InChI is InChI=1S/2C42H39ClN6O7S/c2*43-36-5-2-1-4-34(36)38-6-3-19-48(38)31-10-7-28(8-11-31)29-9-13-35(40(23-29)56-32-22-30-15-18-44-41(30)46-26-32)42(50)47-57(53,54)33-12-14-37(39(24-33)49(51)52)45-25-27-16-20-55-21-17-27/h2*1-2,4-5,7-15,18,22-24,26-27,38,45H,3,6,16-17,19-21,25H2,(H,44,46)(H,47,50)/t2*38-/m10/s1. The molecule has 4 fully saturated rings. The maximum atomic E-state index is 13.8. The predicted octanol–water partition coefficient (Wildman–Crippen LogP) is 17.8. The van der Waals surface area contributed by atoms with Crippen LogP contribution in [0.5, 0.6) is 23.0 Å². The summed E-state index contributed by atoms with van der Waals surface area (Å²) in [6.07, 6.45) is 13.8. The Morgan fingerprint density at radius 2 is 0.886 bits per heavy atom. The van der Waals surface area contributed by atoms with Crippen LogP contribution >= 0.6 is 23.2 Å². The summed E-state index contributed by atoms with van der Waals surface area (Å²) in [5.41, 5.74) is 8.08. The molecule has 30 heteroatoms. The van der Waals surface area contributed by atoms with Crippen LogP contribution in [0.15, 0.2) is 229 Å². The first-order chi connectivity index (χ1) is 55.2. The first kappa shape index (κ1) is 77.4. The van der Waals surface area contributed by atoms with Crippen molar-refractivity contribution in [1.82, 2.24) is 29.4 Å². The van der Waals surface area contributed by atoms with Gasteiger partial charge in [0.2, 0.25) is 0 Å². The number of ether oxygens (including phenoxy) is 4. The Balaban J connectivity index is 0.000000180. The van der Waals surface area contributed by atoms with Crippen LogP contribution in [-0.2, 0) is 29.5 Å². The molecular weight excluding hydrogens is 1540 g/mol. The zero-order valence-electron chi connectivity index (χ0n) is 61.4. The number of fused-ring (bicyclic) bond motifs is 2. The van der Waals surface area contributed by atoms with Crippen molar-refractivity contribution in [3.63, 3.8) is 0 Å². The molecule has 6 N–H and O–H groups in total. The van der Waals surface area contributed by atoms with Gasteiger partial charge in [-0.05, 0) is 206 Å². The Hall–Kier alpha value is -11.9. The highest BCUT2D eigenvalue weighted by atomic mass is 35.5. The van der Waals surface area contributed by atoms with Gasteiger partial charge in [-0.3, -0.25) is 29.8 Å². The summed E-state index contributed by atoms with van der Waals surface area (Å²) in [5, 5.41) is 33.3. The Morgan fingerprint density at radius 3 is 1.28 bits per heavy atom. The van der Waals surface area contributed by atoms with E-state index in [2.05, 4.69) is 61.9 Å². The minimum Gasteiger partial charge on any atom is -0.455 e. The average Bonchev–Trinajstić information content (AvgIpc) is 1.50. The maximum Gasteiger partial charge on any atom is 0.293 e. The summed E-state index contributed by atoms with van der Waals surface area (Å²) in [7, 11) is -9.13. The van der Waals surface area contributed by atoms with Crippen LogP contribution < -0.4 is 39.4 Å². The number of aromatic nitrogens is 4. The number of sulfonamides is 2. The Morgan fingerprint density at radius 1 is 0.491 bits per heavy atom. The molecule has 2 amide bonds. The number of aromatic amines is 2. The first-order valence-electron chi connectivity index (χ1n) is 37.3. The molecule has 12 aromatic rings. The lowest BCUT2D eigenvalue weighted by atomic mass is 10.0. The second kappa shape index (κ2) is 34.2. The Labute approximate surface area is 666 Å². The molecular formula is C84H78Cl2N12O14S2. The van der Waals surface area contributed by atoms with Gasteiger partial charge in [0.25, 0.3) is 43.2 Å². The lowest BCUT2D eigenvalue weighted by Crippen LogP contribution is -2.31. The van der Waals surface area contributed by atoms with Gasteiger partial charge in [-0.2, -0.15) is 0 Å². The van der Waals surface area contributed by atoms with E-state index in [1.807, 2.05) is 97.1 Å². The number of hydrogen-bond acceptors (Lipinski definition) is 20. The normalized spacial score (nSPS) is 16.1. The highest BCUT2D eigenvalue weighted by Crippen LogP contribution is 2.44. The third-order valence-electron chi connectivity index (χ3n) is 21.0. The van der Waals surface area contributed by atoms with Crippen LogP contribution in [0.2, 0.25) is 10.0 Å². The molecule has 584 valence electrons. The van der Waals surface area contributed by atoms with E-state index in [1.165, 1.54) is 48.8 Å². The molecule has 26 nitrogen and oxygen atoms in total. The average molecular weight is 1610 g/mol. The van der Waals surface area contributed by atoms with E-state index in [0.717, 1.165) is 142 Å². The quantitative estimate of drug-likeness (QED) is 0.0242. The van der Waals surface area contributed by atoms with Crippen molar-refractivity contribution in [2.24, 2.45) is 11.8 Å². The van der Waals surface area contributed by atoms with E-state index < -0.39 is 62.9 Å². The first-order valence-corrected chi connectivity index (χ1v) is 41.1. The fourth-order valence-electron chi connectivity index (χ4n) is 15.0. The molecule has 0 aliphatic carbocycles. The van der Waals surface area contributed by atoms with Gasteiger partial charge < -0.3 is 49.3 Å². The number of hydrogen-bond donors (Lipinski definition) is 6. The summed E-state index contributed by atoms with van der Waals surface area (Å²) in [4.78, 5) is 69.1. The molecule has 4 saturated heterocycles. The van der Waals surface area contributed by atoms with Gasteiger partial charge in [0.05, 0.1) is 55.2 Å². The fraction of sp³-hybridized carbons (Fsp3) is 0.238. The van der Waals surface area contributed by atoms with Crippen molar-refractivity contribution in [3.8, 4) is 45.3 Å². The summed E-state index contributed by atoms with van der Waals surface area (Å²) >= 11 is 13.2. The molecule has 2 atom stereocenters. The maximum absolute atomic E-state index is 13.8. The van der Waals surface area contributed by atoms with E-state index in [1.54, 1.807) is 48.8 Å². The lowest BCUT2D eigenvalue weighted by Gasteiger charge is -2.28. The number of rotatable bonds is 24. The van der Waals surface area contributed by atoms with Gasteiger partial charge in [0.15, 0.2) is 0 Å². The van der Waals surface area contributed by atoms with Crippen molar-refractivity contribution in [1.29, 1.82) is 0 Å². The van der Waals surface area contributed by atoms with Crippen molar-refractivity contribution in [2.75, 3.05) is 73.0 Å². The van der Waals surface area contributed by atoms with Gasteiger partial charge in [0, 0.05) is 109 Å². The molecule has 4 aliphatic heterocycles. The van der Waals surface area contributed by atoms with Crippen LogP contribution in [0.1, 0.15) is 95.3 Å². The molecule has 16 rings (SSSR count). The number of halogens is 2. The summed E-state index contributed by atoms with van der Waals surface area (Å²) < 4.78 is 81.9. The number of anilines is 4. The number of H-pyrrole nitrogens is 2. The zero-order chi connectivity index (χ0) is 79.0. The lowest BCUT2D eigenvalue weighted by molar-refractivity contribution is -0.384. The second-order valence-electron chi connectivity index (χ2n) is 28.3. The van der Waals surface area contributed by atoms with E-state index >= 15 is 0 Å². The molecule has 114 heavy (non-hydrogen) atoms. The smallest absolute Gasteiger partial charge is 0.293 e. The largest absolute Gasteiger partial charge is 0.455 e. The number of carbonyl (C=O) groups is 2. The molecule has 0 radical (unpaired) electrons.